The van der Waals surface area contributed by atoms with Crippen LogP contribution in [0, 0.1) is 5.41 Å². The molecule has 24 heavy (non-hydrogen) atoms. The van der Waals surface area contributed by atoms with Crippen molar-refractivity contribution in [1.82, 2.24) is 10.2 Å². The summed E-state index contributed by atoms with van der Waals surface area (Å²) in [6, 6.07) is 9.93. The smallest absolute Gasteiger partial charge is 0.318 e. The predicted molar refractivity (Wildman–Crippen MR) is 96.3 cm³/mol. The van der Waals surface area contributed by atoms with Gasteiger partial charge in [-0.25, -0.2) is 13.2 Å². The number of urea groups is 1. The highest BCUT2D eigenvalue weighted by Crippen LogP contribution is 2.41. The standard InChI is InChI=1S/C18H26N2O3S/c1-18(2)10-12-20(16(14-18)15-8-5-4-6-9-15)17(21)19-11-7-13-24(3,22)23/h4-9,13,16H,10-12,14H2,1-3H3,(H,19,21). The van der Waals surface area contributed by atoms with E-state index in [0.717, 1.165) is 30.1 Å². The number of rotatable bonds is 4. The van der Waals surface area contributed by atoms with Crippen molar-refractivity contribution in [2.24, 2.45) is 5.41 Å². The van der Waals surface area contributed by atoms with Gasteiger partial charge < -0.3 is 10.2 Å². The first-order chi connectivity index (χ1) is 11.2. The number of carbonyl (C=O) groups excluding carboxylic acids is 1. The molecule has 1 aromatic carbocycles. The van der Waals surface area contributed by atoms with E-state index in [0.29, 0.717) is 6.54 Å². The monoisotopic (exact) mass is 350 g/mol. The van der Waals surface area contributed by atoms with Crippen LogP contribution in [0.25, 0.3) is 0 Å². The van der Waals surface area contributed by atoms with E-state index in [4.69, 9.17) is 0 Å². The lowest BCUT2D eigenvalue weighted by molar-refractivity contribution is 0.0921. The van der Waals surface area contributed by atoms with Crippen LogP contribution in [0.4, 0.5) is 4.79 Å². The zero-order chi connectivity index (χ0) is 17.8. The van der Waals surface area contributed by atoms with Crippen molar-refractivity contribution in [3.8, 4) is 0 Å². The molecule has 0 saturated carbocycles. The van der Waals surface area contributed by atoms with E-state index in [1.807, 2.05) is 23.1 Å². The van der Waals surface area contributed by atoms with Crippen molar-refractivity contribution in [1.29, 1.82) is 0 Å². The minimum absolute atomic E-state index is 0.0360. The highest BCUT2D eigenvalue weighted by Gasteiger charge is 2.36. The molecule has 5 nitrogen and oxygen atoms in total. The minimum Gasteiger partial charge on any atom is -0.334 e. The number of piperidine rings is 1. The number of amides is 2. The first-order valence-electron chi connectivity index (χ1n) is 8.14. The fraction of sp³-hybridized carbons (Fsp3) is 0.500. The summed E-state index contributed by atoms with van der Waals surface area (Å²) in [5.74, 6) is 0. The summed E-state index contributed by atoms with van der Waals surface area (Å²) in [5.41, 5.74) is 1.32. The van der Waals surface area contributed by atoms with Crippen LogP contribution >= 0.6 is 0 Å². The molecule has 0 radical (unpaired) electrons. The van der Waals surface area contributed by atoms with Crippen molar-refractivity contribution >= 4 is 15.9 Å². The van der Waals surface area contributed by atoms with Crippen LogP contribution < -0.4 is 5.32 Å². The van der Waals surface area contributed by atoms with Gasteiger partial charge in [-0.2, -0.15) is 0 Å². The molecular weight excluding hydrogens is 324 g/mol. The van der Waals surface area contributed by atoms with E-state index in [-0.39, 0.29) is 24.0 Å². The van der Waals surface area contributed by atoms with Crippen LogP contribution in [-0.4, -0.2) is 38.7 Å². The molecule has 132 valence electrons. The lowest BCUT2D eigenvalue weighted by Gasteiger charge is -2.43. The van der Waals surface area contributed by atoms with Crippen molar-refractivity contribution in [2.45, 2.75) is 32.7 Å². The van der Waals surface area contributed by atoms with Gasteiger partial charge in [0, 0.05) is 24.8 Å². The van der Waals surface area contributed by atoms with Crippen LogP contribution in [0.15, 0.2) is 41.8 Å². The van der Waals surface area contributed by atoms with Crippen LogP contribution in [0.3, 0.4) is 0 Å². The predicted octanol–water partition coefficient (Wildman–Crippen LogP) is 3.12. The van der Waals surface area contributed by atoms with Gasteiger partial charge >= 0.3 is 6.03 Å². The Morgan fingerprint density at radius 2 is 2.00 bits per heavy atom. The zero-order valence-corrected chi connectivity index (χ0v) is 15.3. The Morgan fingerprint density at radius 1 is 1.33 bits per heavy atom. The molecule has 1 aliphatic rings. The van der Waals surface area contributed by atoms with Crippen LogP contribution in [0.2, 0.25) is 0 Å². The van der Waals surface area contributed by atoms with Gasteiger partial charge in [-0.1, -0.05) is 50.3 Å². The van der Waals surface area contributed by atoms with Crippen LogP contribution in [0.1, 0.15) is 38.3 Å². The molecule has 1 N–H and O–H groups in total. The Labute approximate surface area is 144 Å². The van der Waals surface area contributed by atoms with Crippen molar-refractivity contribution in [3.05, 3.63) is 47.4 Å². The van der Waals surface area contributed by atoms with Gasteiger partial charge in [0.05, 0.1) is 6.04 Å². The highest BCUT2D eigenvalue weighted by molar-refractivity contribution is 7.93. The van der Waals surface area contributed by atoms with Crippen LogP contribution in [-0.2, 0) is 9.84 Å². The lowest BCUT2D eigenvalue weighted by Crippen LogP contribution is -2.48. The van der Waals surface area contributed by atoms with Crippen molar-refractivity contribution < 1.29 is 13.2 Å². The van der Waals surface area contributed by atoms with Gasteiger partial charge in [0.15, 0.2) is 9.84 Å². The number of hydrogen-bond donors (Lipinski definition) is 1. The average molecular weight is 350 g/mol. The minimum atomic E-state index is -3.16. The van der Waals surface area contributed by atoms with E-state index in [1.165, 1.54) is 6.08 Å². The summed E-state index contributed by atoms with van der Waals surface area (Å²) in [5, 5.41) is 3.90. The van der Waals surface area contributed by atoms with Crippen molar-refractivity contribution in [3.63, 3.8) is 0 Å². The molecule has 0 bridgehead atoms. The second-order valence-corrected chi connectivity index (χ2v) is 9.06. The summed E-state index contributed by atoms with van der Waals surface area (Å²) in [4.78, 5) is 14.4. The fourth-order valence-corrected chi connectivity index (χ4v) is 3.45. The fourth-order valence-electron chi connectivity index (χ4n) is 3.00. The molecule has 1 aliphatic heterocycles. The Hall–Kier alpha value is -1.82. The number of likely N-dealkylation sites (tertiary alicyclic amines) is 1. The summed E-state index contributed by atoms with van der Waals surface area (Å²) in [6.07, 6.45) is 4.44. The molecule has 1 fully saturated rings. The van der Waals surface area contributed by atoms with E-state index in [2.05, 4.69) is 31.3 Å². The van der Waals surface area contributed by atoms with E-state index < -0.39 is 9.84 Å². The molecule has 1 heterocycles. The number of nitrogens with zero attached hydrogens (tertiary/aromatic N) is 1. The third-order valence-corrected chi connectivity index (χ3v) is 5.00. The maximum absolute atomic E-state index is 12.5. The average Bonchev–Trinajstić information content (AvgIpc) is 2.50. The lowest BCUT2D eigenvalue weighted by atomic mass is 9.77. The SMILES string of the molecule is CC1(C)CCN(C(=O)NCC=CS(C)(=O)=O)C(c2ccccc2)C1. The molecule has 1 saturated heterocycles. The zero-order valence-electron chi connectivity index (χ0n) is 14.5. The summed E-state index contributed by atoms with van der Waals surface area (Å²) >= 11 is 0. The second-order valence-electron chi connectivity index (χ2n) is 7.13. The summed E-state index contributed by atoms with van der Waals surface area (Å²) in [7, 11) is -3.16. The van der Waals surface area contributed by atoms with E-state index in [1.54, 1.807) is 0 Å². The highest BCUT2D eigenvalue weighted by atomic mass is 32.2. The Balaban J connectivity index is 2.08. The van der Waals surface area contributed by atoms with Crippen LogP contribution in [0.5, 0.6) is 0 Å². The molecule has 2 rings (SSSR count). The number of benzene rings is 1. The van der Waals surface area contributed by atoms with Gasteiger partial charge in [0.2, 0.25) is 0 Å². The third-order valence-electron chi connectivity index (χ3n) is 4.31. The molecule has 0 aliphatic carbocycles. The molecule has 1 atom stereocenters. The number of sulfone groups is 1. The van der Waals surface area contributed by atoms with Gasteiger partial charge in [0.1, 0.15) is 0 Å². The largest absolute Gasteiger partial charge is 0.334 e. The normalized spacial score (nSPS) is 21.0. The van der Waals surface area contributed by atoms with Gasteiger partial charge in [-0.3, -0.25) is 0 Å². The maximum atomic E-state index is 12.5. The Kier molecular flexibility index (Phi) is 5.70. The quantitative estimate of drug-likeness (QED) is 0.907. The maximum Gasteiger partial charge on any atom is 0.318 e. The van der Waals surface area contributed by atoms with Gasteiger partial charge in [-0.15, -0.1) is 0 Å². The Bertz CT molecular complexity index is 696. The third kappa shape index (κ3) is 5.37. The number of carbonyl (C=O) groups is 1. The van der Waals surface area contributed by atoms with E-state index in [9.17, 15) is 13.2 Å². The van der Waals surface area contributed by atoms with E-state index >= 15 is 0 Å². The summed E-state index contributed by atoms with van der Waals surface area (Å²) in [6.45, 7) is 5.35. The molecule has 2 amide bonds. The molecule has 1 aromatic rings. The second kappa shape index (κ2) is 7.38. The molecule has 1 unspecified atom stereocenters. The molecule has 0 spiro atoms. The topological polar surface area (TPSA) is 66.5 Å². The number of nitrogens with one attached hydrogen (secondary N) is 1. The summed E-state index contributed by atoms with van der Waals surface area (Å²) < 4.78 is 22.2. The Morgan fingerprint density at radius 3 is 2.62 bits per heavy atom. The van der Waals surface area contributed by atoms with Crippen molar-refractivity contribution in [2.75, 3.05) is 19.3 Å². The van der Waals surface area contributed by atoms with Gasteiger partial charge in [-0.05, 0) is 23.8 Å². The first kappa shape index (κ1) is 18.5. The number of hydrogen-bond acceptors (Lipinski definition) is 3. The first-order valence-corrected chi connectivity index (χ1v) is 10.1. The van der Waals surface area contributed by atoms with Gasteiger partial charge in [0.25, 0.3) is 0 Å². The molecule has 0 aromatic heterocycles. The molecular formula is C18H26N2O3S. The molecule has 6 heteroatoms.